The molecular weight excluding hydrogens is 176 g/mol. The van der Waals surface area contributed by atoms with Crippen LogP contribution in [0.4, 0.5) is 0 Å². The summed E-state index contributed by atoms with van der Waals surface area (Å²) < 4.78 is 13.5. The SMILES string of the molecule is COCCOC(=O)/C=C\C(=O)OC. The Balaban J connectivity index is 3.61. The third kappa shape index (κ3) is 7.02. The fraction of sp³-hybridized carbons (Fsp3) is 0.500. The van der Waals surface area contributed by atoms with Gasteiger partial charge < -0.3 is 14.2 Å². The highest BCUT2D eigenvalue weighted by Gasteiger charge is 1.98. The minimum atomic E-state index is -0.595. The van der Waals surface area contributed by atoms with Gasteiger partial charge in [0.2, 0.25) is 0 Å². The second kappa shape index (κ2) is 7.30. The quantitative estimate of drug-likeness (QED) is 0.342. The normalized spacial score (nSPS) is 10.0. The van der Waals surface area contributed by atoms with Gasteiger partial charge >= 0.3 is 11.9 Å². The molecule has 74 valence electrons. The first-order valence-electron chi connectivity index (χ1n) is 3.62. The van der Waals surface area contributed by atoms with E-state index in [1.165, 1.54) is 14.2 Å². The molecular formula is C8H12O5. The maximum absolute atomic E-state index is 10.8. The fourth-order valence-electron chi connectivity index (χ4n) is 0.478. The van der Waals surface area contributed by atoms with Gasteiger partial charge in [-0.3, -0.25) is 0 Å². The summed E-state index contributed by atoms with van der Waals surface area (Å²) in [6.45, 7) is 0.499. The predicted octanol–water partition coefficient (Wildman–Crippen LogP) is -0.0948. The zero-order chi connectivity index (χ0) is 10.1. The highest BCUT2D eigenvalue weighted by molar-refractivity contribution is 5.91. The zero-order valence-corrected chi connectivity index (χ0v) is 7.61. The third-order valence-electron chi connectivity index (χ3n) is 1.09. The van der Waals surface area contributed by atoms with Crippen molar-refractivity contribution in [3.8, 4) is 0 Å². The summed E-state index contributed by atoms with van der Waals surface area (Å²) in [7, 11) is 2.72. The molecule has 0 spiro atoms. The Bertz CT molecular complexity index is 197. The number of carbonyl (C=O) groups excluding carboxylic acids is 2. The largest absolute Gasteiger partial charge is 0.466 e. The summed E-state index contributed by atoms with van der Waals surface area (Å²) in [4.78, 5) is 21.3. The molecule has 13 heavy (non-hydrogen) atoms. The molecule has 0 fully saturated rings. The lowest BCUT2D eigenvalue weighted by atomic mass is 10.5. The Morgan fingerprint density at radius 1 is 1.08 bits per heavy atom. The highest BCUT2D eigenvalue weighted by atomic mass is 16.6. The molecule has 0 saturated carbocycles. The van der Waals surface area contributed by atoms with Crippen molar-refractivity contribution in [1.82, 2.24) is 0 Å². The van der Waals surface area contributed by atoms with Crippen LogP contribution < -0.4 is 0 Å². The van der Waals surface area contributed by atoms with Crippen LogP contribution in [0.2, 0.25) is 0 Å². The van der Waals surface area contributed by atoms with Gasteiger partial charge in [0.15, 0.2) is 0 Å². The molecule has 0 atom stereocenters. The lowest BCUT2D eigenvalue weighted by molar-refractivity contribution is -0.140. The molecule has 5 heteroatoms. The predicted molar refractivity (Wildman–Crippen MR) is 44.0 cm³/mol. The molecule has 0 bridgehead atoms. The average molecular weight is 188 g/mol. The maximum Gasteiger partial charge on any atom is 0.331 e. The van der Waals surface area contributed by atoms with E-state index in [0.29, 0.717) is 6.61 Å². The standard InChI is InChI=1S/C8H12O5/c1-11-5-6-13-8(10)4-3-7(9)12-2/h3-4H,5-6H2,1-2H3/b4-3-. The molecule has 5 nitrogen and oxygen atoms in total. The second-order valence-electron chi connectivity index (χ2n) is 2.02. The van der Waals surface area contributed by atoms with Gasteiger partial charge in [0, 0.05) is 19.3 Å². The Labute approximate surface area is 76.3 Å². The first-order valence-corrected chi connectivity index (χ1v) is 3.62. The molecule has 0 N–H and O–H groups in total. The summed E-state index contributed by atoms with van der Waals surface area (Å²) in [5, 5.41) is 0. The summed E-state index contributed by atoms with van der Waals surface area (Å²) in [6, 6.07) is 0. The van der Waals surface area contributed by atoms with Crippen LogP contribution in [0.25, 0.3) is 0 Å². The Kier molecular flexibility index (Phi) is 6.53. The van der Waals surface area contributed by atoms with Gasteiger partial charge in [-0.15, -0.1) is 0 Å². The minimum absolute atomic E-state index is 0.168. The number of methoxy groups -OCH3 is 2. The van der Waals surface area contributed by atoms with Crippen molar-refractivity contribution in [3.05, 3.63) is 12.2 Å². The lowest BCUT2D eigenvalue weighted by Gasteiger charge is -1.99. The Morgan fingerprint density at radius 3 is 2.23 bits per heavy atom. The second-order valence-corrected chi connectivity index (χ2v) is 2.02. The van der Waals surface area contributed by atoms with E-state index in [0.717, 1.165) is 12.2 Å². The first kappa shape index (κ1) is 11.6. The van der Waals surface area contributed by atoms with Crippen molar-refractivity contribution in [1.29, 1.82) is 0 Å². The van der Waals surface area contributed by atoms with Gasteiger partial charge in [0.1, 0.15) is 6.61 Å². The summed E-state index contributed by atoms with van der Waals surface area (Å²) in [5.41, 5.74) is 0. The Morgan fingerprint density at radius 2 is 1.69 bits per heavy atom. The minimum Gasteiger partial charge on any atom is -0.466 e. The van der Waals surface area contributed by atoms with Crippen LogP contribution in [0.5, 0.6) is 0 Å². The molecule has 0 saturated heterocycles. The van der Waals surface area contributed by atoms with Gasteiger partial charge in [-0.05, 0) is 0 Å². The van der Waals surface area contributed by atoms with Gasteiger partial charge in [0.05, 0.1) is 13.7 Å². The fourth-order valence-corrected chi connectivity index (χ4v) is 0.478. The summed E-state index contributed by atoms with van der Waals surface area (Å²) in [6.07, 6.45) is 2.00. The molecule has 0 aromatic carbocycles. The van der Waals surface area contributed by atoms with Crippen molar-refractivity contribution in [2.75, 3.05) is 27.4 Å². The van der Waals surface area contributed by atoms with Crippen molar-refractivity contribution in [2.24, 2.45) is 0 Å². The molecule has 0 unspecified atom stereocenters. The lowest BCUT2D eigenvalue weighted by Crippen LogP contribution is -2.07. The number of esters is 2. The molecule has 0 aliphatic rings. The van der Waals surface area contributed by atoms with Crippen LogP contribution in [0, 0.1) is 0 Å². The topological polar surface area (TPSA) is 61.8 Å². The van der Waals surface area contributed by atoms with Crippen LogP contribution in [-0.4, -0.2) is 39.4 Å². The van der Waals surface area contributed by atoms with Crippen LogP contribution in [-0.2, 0) is 23.8 Å². The Hall–Kier alpha value is -1.36. The molecule has 0 radical (unpaired) electrons. The number of ether oxygens (including phenoxy) is 3. The van der Waals surface area contributed by atoms with E-state index in [1.54, 1.807) is 0 Å². The van der Waals surface area contributed by atoms with Crippen LogP contribution >= 0.6 is 0 Å². The molecule has 0 heterocycles. The van der Waals surface area contributed by atoms with Crippen LogP contribution in [0.15, 0.2) is 12.2 Å². The van der Waals surface area contributed by atoms with E-state index in [9.17, 15) is 9.59 Å². The van der Waals surface area contributed by atoms with E-state index in [1.807, 2.05) is 0 Å². The molecule has 0 aliphatic heterocycles. The zero-order valence-electron chi connectivity index (χ0n) is 7.61. The first-order chi connectivity index (χ1) is 6.20. The molecule has 0 aliphatic carbocycles. The molecule has 0 aromatic rings. The van der Waals surface area contributed by atoms with Crippen molar-refractivity contribution in [2.45, 2.75) is 0 Å². The smallest absolute Gasteiger partial charge is 0.331 e. The van der Waals surface area contributed by atoms with Crippen molar-refractivity contribution in [3.63, 3.8) is 0 Å². The van der Waals surface area contributed by atoms with Gasteiger partial charge in [-0.2, -0.15) is 0 Å². The van der Waals surface area contributed by atoms with Gasteiger partial charge in [-0.25, -0.2) is 9.59 Å². The monoisotopic (exact) mass is 188 g/mol. The average Bonchev–Trinajstić information content (AvgIpc) is 2.14. The summed E-state index contributed by atoms with van der Waals surface area (Å²) in [5.74, 6) is -1.19. The van der Waals surface area contributed by atoms with E-state index >= 15 is 0 Å². The van der Waals surface area contributed by atoms with Crippen molar-refractivity contribution >= 4 is 11.9 Å². The van der Waals surface area contributed by atoms with E-state index in [-0.39, 0.29) is 6.61 Å². The van der Waals surface area contributed by atoms with E-state index in [4.69, 9.17) is 0 Å². The van der Waals surface area contributed by atoms with Crippen LogP contribution in [0.1, 0.15) is 0 Å². The van der Waals surface area contributed by atoms with Crippen molar-refractivity contribution < 1.29 is 23.8 Å². The van der Waals surface area contributed by atoms with Crippen LogP contribution in [0.3, 0.4) is 0 Å². The van der Waals surface area contributed by atoms with Gasteiger partial charge in [0.25, 0.3) is 0 Å². The summed E-state index contributed by atoms with van der Waals surface area (Å²) >= 11 is 0. The highest BCUT2D eigenvalue weighted by Crippen LogP contribution is 1.84. The number of hydrogen-bond donors (Lipinski definition) is 0. The third-order valence-corrected chi connectivity index (χ3v) is 1.09. The molecule has 0 rings (SSSR count). The molecule has 0 aromatic heterocycles. The van der Waals surface area contributed by atoms with E-state index in [2.05, 4.69) is 14.2 Å². The number of carbonyl (C=O) groups is 2. The number of rotatable bonds is 5. The van der Waals surface area contributed by atoms with E-state index < -0.39 is 11.9 Å². The maximum atomic E-state index is 10.8. The molecule has 0 amide bonds. The van der Waals surface area contributed by atoms with Gasteiger partial charge in [-0.1, -0.05) is 0 Å². The number of hydrogen-bond acceptors (Lipinski definition) is 5.